The molecule has 0 bridgehead atoms. The maximum absolute atomic E-state index is 11.2. The van der Waals surface area contributed by atoms with Gasteiger partial charge >= 0.3 is 0 Å². The summed E-state index contributed by atoms with van der Waals surface area (Å²) in [5.41, 5.74) is 2.52. The van der Waals surface area contributed by atoms with Crippen molar-refractivity contribution in [3.05, 3.63) is 29.3 Å². The maximum atomic E-state index is 11.2. The summed E-state index contributed by atoms with van der Waals surface area (Å²) in [6.07, 6.45) is 2.23. The number of nitrogens with one attached hydrogen (secondary N) is 1. The minimum absolute atomic E-state index is 0.379. The molecule has 1 heterocycles. The molecule has 0 aliphatic carbocycles. The number of hydrogen-bond acceptors (Lipinski definition) is 4. The lowest BCUT2D eigenvalue weighted by Gasteiger charge is -2.19. The molecular formula is C17H28N2O3S. The minimum Gasteiger partial charge on any atom is -0.496 e. The third-order valence-corrected chi connectivity index (χ3v) is 5.06. The molecule has 1 fully saturated rings. The van der Waals surface area contributed by atoms with Crippen molar-refractivity contribution in [2.45, 2.75) is 32.7 Å². The predicted molar refractivity (Wildman–Crippen MR) is 93.3 cm³/mol. The highest BCUT2D eigenvalue weighted by Crippen LogP contribution is 2.27. The Labute approximate surface area is 140 Å². The molecule has 0 radical (unpaired) electrons. The lowest BCUT2D eigenvalue weighted by atomic mass is 10.00. The topological polar surface area (TPSA) is 58.6 Å². The Morgan fingerprint density at radius 1 is 1.39 bits per heavy atom. The monoisotopic (exact) mass is 340 g/mol. The molecule has 0 saturated carbocycles. The van der Waals surface area contributed by atoms with Crippen LogP contribution in [0.5, 0.6) is 5.75 Å². The van der Waals surface area contributed by atoms with E-state index in [1.54, 1.807) is 7.11 Å². The maximum Gasteiger partial charge on any atom is 0.208 e. The first-order valence-electron chi connectivity index (χ1n) is 8.12. The Bertz CT molecular complexity index is 629. The van der Waals surface area contributed by atoms with Gasteiger partial charge < -0.3 is 4.74 Å². The van der Waals surface area contributed by atoms with Crippen molar-refractivity contribution in [3.8, 4) is 5.75 Å². The Morgan fingerprint density at radius 3 is 2.74 bits per heavy atom. The summed E-state index contributed by atoms with van der Waals surface area (Å²) in [4.78, 5) is 2.37. The molecule has 0 spiro atoms. The molecule has 130 valence electrons. The van der Waals surface area contributed by atoms with E-state index in [-0.39, 0.29) is 0 Å². The fourth-order valence-electron chi connectivity index (χ4n) is 3.01. The fraction of sp³-hybridized carbons (Fsp3) is 0.647. The van der Waals surface area contributed by atoms with E-state index < -0.39 is 10.0 Å². The van der Waals surface area contributed by atoms with Crippen LogP contribution in [0.2, 0.25) is 0 Å². The first-order valence-corrected chi connectivity index (χ1v) is 10.0. The van der Waals surface area contributed by atoms with Gasteiger partial charge in [0.25, 0.3) is 0 Å². The van der Waals surface area contributed by atoms with Gasteiger partial charge in [-0.3, -0.25) is 4.90 Å². The van der Waals surface area contributed by atoms with Crippen LogP contribution in [0, 0.1) is 5.92 Å². The van der Waals surface area contributed by atoms with Gasteiger partial charge in [-0.25, -0.2) is 13.1 Å². The zero-order valence-corrected chi connectivity index (χ0v) is 15.3. The van der Waals surface area contributed by atoms with E-state index in [0.29, 0.717) is 18.4 Å². The normalized spacial score (nSPS) is 19.4. The number of methoxy groups -OCH3 is 1. The van der Waals surface area contributed by atoms with Gasteiger partial charge in [-0.2, -0.15) is 0 Å². The highest BCUT2D eigenvalue weighted by atomic mass is 32.2. The van der Waals surface area contributed by atoms with E-state index >= 15 is 0 Å². The second kappa shape index (κ2) is 7.64. The van der Waals surface area contributed by atoms with Crippen LogP contribution in [0.25, 0.3) is 0 Å². The van der Waals surface area contributed by atoms with Crippen LogP contribution in [0.1, 0.15) is 37.3 Å². The molecule has 6 heteroatoms. The molecule has 1 aromatic carbocycles. The predicted octanol–water partition coefficient (Wildman–Crippen LogP) is 2.19. The molecule has 23 heavy (non-hydrogen) atoms. The van der Waals surface area contributed by atoms with Gasteiger partial charge in [-0.1, -0.05) is 26.0 Å². The van der Waals surface area contributed by atoms with Gasteiger partial charge in [0.15, 0.2) is 0 Å². The van der Waals surface area contributed by atoms with Crippen molar-refractivity contribution >= 4 is 10.0 Å². The average molecular weight is 340 g/mol. The van der Waals surface area contributed by atoms with Crippen molar-refractivity contribution in [1.29, 1.82) is 0 Å². The van der Waals surface area contributed by atoms with Crippen LogP contribution in [0.4, 0.5) is 0 Å². The summed E-state index contributed by atoms with van der Waals surface area (Å²) in [5.74, 6) is 1.79. The van der Waals surface area contributed by atoms with Crippen LogP contribution in [-0.2, 0) is 16.6 Å². The van der Waals surface area contributed by atoms with Gasteiger partial charge in [-0.05, 0) is 36.4 Å². The smallest absolute Gasteiger partial charge is 0.208 e. The Morgan fingerprint density at radius 2 is 2.13 bits per heavy atom. The van der Waals surface area contributed by atoms with E-state index in [2.05, 4.69) is 35.6 Å². The van der Waals surface area contributed by atoms with Crippen molar-refractivity contribution < 1.29 is 13.2 Å². The highest BCUT2D eigenvalue weighted by Gasteiger charge is 2.24. The molecule has 5 nitrogen and oxygen atoms in total. The van der Waals surface area contributed by atoms with Gasteiger partial charge in [0.2, 0.25) is 10.0 Å². The van der Waals surface area contributed by atoms with Gasteiger partial charge in [0, 0.05) is 25.2 Å². The fourth-order valence-corrected chi connectivity index (χ4v) is 3.55. The van der Waals surface area contributed by atoms with Crippen molar-refractivity contribution in [2.75, 3.05) is 33.0 Å². The number of nitrogens with zero attached hydrogens (tertiary/aromatic N) is 1. The molecule has 0 unspecified atom stereocenters. The lowest BCUT2D eigenvalue weighted by Crippen LogP contribution is -2.30. The summed E-state index contributed by atoms with van der Waals surface area (Å²) in [5, 5.41) is 0. The second-order valence-corrected chi connectivity index (χ2v) is 8.57. The number of likely N-dealkylation sites (tertiary alicyclic amines) is 1. The minimum atomic E-state index is -3.10. The number of ether oxygens (including phenoxy) is 1. The van der Waals surface area contributed by atoms with Crippen LogP contribution in [0.15, 0.2) is 18.2 Å². The molecule has 1 aromatic rings. The van der Waals surface area contributed by atoms with Crippen LogP contribution in [0.3, 0.4) is 0 Å². The largest absolute Gasteiger partial charge is 0.496 e. The zero-order chi connectivity index (χ0) is 17.0. The quantitative estimate of drug-likeness (QED) is 0.827. The summed E-state index contributed by atoms with van der Waals surface area (Å²) >= 11 is 0. The van der Waals surface area contributed by atoms with Gasteiger partial charge in [-0.15, -0.1) is 0 Å². The third kappa shape index (κ3) is 5.48. The second-order valence-electron chi connectivity index (χ2n) is 6.74. The Hall–Kier alpha value is -1.11. The lowest BCUT2D eigenvalue weighted by molar-refractivity contribution is 0.308. The van der Waals surface area contributed by atoms with E-state index in [1.807, 2.05) is 6.07 Å². The summed E-state index contributed by atoms with van der Waals surface area (Å²) < 4.78 is 30.5. The highest BCUT2D eigenvalue weighted by molar-refractivity contribution is 7.88. The van der Waals surface area contributed by atoms with E-state index in [9.17, 15) is 8.42 Å². The molecule has 1 saturated heterocycles. The molecule has 1 N–H and O–H groups in total. The first-order chi connectivity index (χ1) is 10.8. The Kier molecular flexibility index (Phi) is 6.06. The summed E-state index contributed by atoms with van der Waals surface area (Å²) in [7, 11) is -1.40. The number of sulfonamides is 1. The van der Waals surface area contributed by atoms with Crippen LogP contribution in [-0.4, -0.2) is 46.3 Å². The van der Waals surface area contributed by atoms with Crippen molar-refractivity contribution in [3.63, 3.8) is 0 Å². The zero-order valence-electron chi connectivity index (χ0n) is 14.5. The molecule has 1 aliphatic heterocycles. The van der Waals surface area contributed by atoms with Crippen LogP contribution < -0.4 is 9.46 Å². The molecule has 1 aliphatic rings. The van der Waals surface area contributed by atoms with Gasteiger partial charge in [0.1, 0.15) is 5.75 Å². The summed E-state index contributed by atoms with van der Waals surface area (Å²) in [6, 6.07) is 6.39. The van der Waals surface area contributed by atoms with Crippen LogP contribution >= 0.6 is 0 Å². The van der Waals surface area contributed by atoms with Gasteiger partial charge in [0.05, 0.1) is 13.4 Å². The number of benzene rings is 1. The van der Waals surface area contributed by atoms with Crippen molar-refractivity contribution in [1.82, 2.24) is 9.62 Å². The Balaban J connectivity index is 1.98. The van der Waals surface area contributed by atoms with E-state index in [4.69, 9.17) is 4.74 Å². The number of hydrogen-bond donors (Lipinski definition) is 1. The van der Waals surface area contributed by atoms with E-state index in [1.165, 1.54) is 17.4 Å². The molecule has 0 aromatic heterocycles. The molecule has 2 rings (SSSR count). The third-order valence-electron chi connectivity index (χ3n) is 4.37. The molecular weight excluding hydrogens is 312 g/mol. The summed E-state index contributed by atoms with van der Waals surface area (Å²) in [6.45, 7) is 7.66. The van der Waals surface area contributed by atoms with E-state index in [0.717, 1.165) is 31.8 Å². The standard InChI is InChI=1S/C17H28N2O3S/c1-13(2)15-5-6-17(22-3)16(9-15)12-19-8-7-14(11-19)10-18-23(4,20)21/h5-6,9,13-14,18H,7-8,10-12H2,1-4H3/t14-/m0/s1. The van der Waals surface area contributed by atoms with Crippen molar-refractivity contribution in [2.24, 2.45) is 5.92 Å². The first kappa shape index (κ1) is 18.2. The number of rotatable bonds is 7. The molecule has 0 amide bonds. The average Bonchev–Trinajstić information content (AvgIpc) is 2.92. The molecule has 1 atom stereocenters. The SMILES string of the molecule is COc1ccc(C(C)C)cc1CN1CC[C@@H](CNS(C)(=O)=O)C1.